The summed E-state index contributed by atoms with van der Waals surface area (Å²) in [6.07, 6.45) is -0.974. The summed E-state index contributed by atoms with van der Waals surface area (Å²) < 4.78 is 7.16. The van der Waals surface area contributed by atoms with E-state index in [2.05, 4.69) is 5.10 Å². The zero-order valence-electron chi connectivity index (χ0n) is 14.0. The molecular formula is C17H21N3O3. The number of amides is 1. The summed E-state index contributed by atoms with van der Waals surface area (Å²) in [6.45, 7) is 3.54. The topological polar surface area (TPSA) is 64.4 Å². The van der Waals surface area contributed by atoms with Crippen LogP contribution in [0.25, 0.3) is 0 Å². The third kappa shape index (κ3) is 3.41. The minimum absolute atomic E-state index is 0.288. The molecule has 6 nitrogen and oxygen atoms in total. The van der Waals surface area contributed by atoms with Crippen LogP contribution in [-0.4, -0.2) is 40.7 Å². The second-order valence-electron chi connectivity index (χ2n) is 5.60. The molecule has 0 fully saturated rings. The summed E-state index contributed by atoms with van der Waals surface area (Å²) in [6, 6.07) is 8.99. The summed E-state index contributed by atoms with van der Waals surface area (Å²) in [5, 5.41) is 4.21. The number of hydrogen-bond donors (Lipinski definition) is 0. The van der Waals surface area contributed by atoms with Crippen LogP contribution >= 0.6 is 0 Å². The Morgan fingerprint density at radius 1 is 1.17 bits per heavy atom. The van der Waals surface area contributed by atoms with Crippen molar-refractivity contribution in [1.29, 1.82) is 0 Å². The van der Waals surface area contributed by atoms with Crippen molar-refractivity contribution in [3.05, 3.63) is 52.8 Å². The number of nitrogens with zero attached hydrogens (tertiary/aromatic N) is 3. The third-order valence-corrected chi connectivity index (χ3v) is 3.71. The van der Waals surface area contributed by atoms with Gasteiger partial charge in [-0.3, -0.25) is 9.48 Å². The Labute approximate surface area is 135 Å². The highest BCUT2D eigenvalue weighted by atomic mass is 16.5. The van der Waals surface area contributed by atoms with Crippen molar-refractivity contribution in [3.8, 4) is 0 Å². The highest BCUT2D eigenvalue weighted by Gasteiger charge is 2.29. The summed E-state index contributed by atoms with van der Waals surface area (Å²) in [7, 11) is 5.03. The zero-order chi connectivity index (χ0) is 17.1. The minimum atomic E-state index is -0.974. The van der Waals surface area contributed by atoms with Gasteiger partial charge in [0, 0.05) is 32.4 Å². The van der Waals surface area contributed by atoms with Gasteiger partial charge in [0.05, 0.1) is 5.69 Å². The first-order valence-corrected chi connectivity index (χ1v) is 7.30. The summed E-state index contributed by atoms with van der Waals surface area (Å²) in [5.41, 5.74) is 2.33. The number of ether oxygens (including phenoxy) is 1. The number of hydrogen-bond acceptors (Lipinski definition) is 4. The largest absolute Gasteiger partial charge is 0.444 e. The Hall–Kier alpha value is -2.63. The highest BCUT2D eigenvalue weighted by molar-refractivity contribution is 5.94. The van der Waals surface area contributed by atoms with Crippen molar-refractivity contribution in [2.45, 2.75) is 20.0 Å². The van der Waals surface area contributed by atoms with E-state index in [1.54, 1.807) is 63.9 Å². The van der Waals surface area contributed by atoms with E-state index in [-0.39, 0.29) is 5.91 Å². The van der Waals surface area contributed by atoms with Crippen molar-refractivity contribution in [3.63, 3.8) is 0 Å². The summed E-state index contributed by atoms with van der Waals surface area (Å²) in [5.74, 6) is -0.833. The van der Waals surface area contributed by atoms with Crippen LogP contribution in [-0.2, 0) is 16.6 Å². The van der Waals surface area contributed by atoms with Crippen LogP contribution in [0, 0.1) is 13.8 Å². The summed E-state index contributed by atoms with van der Waals surface area (Å²) in [4.78, 5) is 26.4. The van der Waals surface area contributed by atoms with Gasteiger partial charge < -0.3 is 9.64 Å². The second-order valence-corrected chi connectivity index (χ2v) is 5.60. The molecular weight excluding hydrogens is 294 g/mol. The molecule has 1 amide bonds. The molecule has 122 valence electrons. The van der Waals surface area contributed by atoms with Crippen LogP contribution in [0.15, 0.2) is 30.3 Å². The number of esters is 1. The molecule has 0 bridgehead atoms. The smallest absolute Gasteiger partial charge is 0.343 e. The molecule has 2 rings (SSSR count). The van der Waals surface area contributed by atoms with Crippen LogP contribution in [0.2, 0.25) is 0 Å². The van der Waals surface area contributed by atoms with Gasteiger partial charge >= 0.3 is 5.97 Å². The predicted octanol–water partition coefficient (Wildman–Crippen LogP) is 2.02. The van der Waals surface area contributed by atoms with Crippen LogP contribution in [0.3, 0.4) is 0 Å². The predicted molar refractivity (Wildman–Crippen MR) is 86.0 cm³/mol. The van der Waals surface area contributed by atoms with Crippen molar-refractivity contribution in [2.75, 3.05) is 14.1 Å². The molecule has 1 heterocycles. The molecule has 1 aromatic carbocycles. The first kappa shape index (κ1) is 16.7. The highest BCUT2D eigenvalue weighted by Crippen LogP contribution is 2.23. The lowest BCUT2D eigenvalue weighted by atomic mass is 10.1. The van der Waals surface area contributed by atoms with E-state index < -0.39 is 12.1 Å². The Kier molecular flexibility index (Phi) is 4.83. The van der Waals surface area contributed by atoms with Gasteiger partial charge in [-0.25, -0.2) is 4.79 Å². The van der Waals surface area contributed by atoms with Crippen molar-refractivity contribution in [2.24, 2.45) is 7.05 Å². The first-order chi connectivity index (χ1) is 10.8. The lowest BCUT2D eigenvalue weighted by Crippen LogP contribution is -2.31. The number of rotatable bonds is 4. The molecule has 0 saturated carbocycles. The second kappa shape index (κ2) is 6.64. The molecule has 2 aromatic rings. The lowest BCUT2D eigenvalue weighted by molar-refractivity contribution is -0.138. The maximum absolute atomic E-state index is 12.6. The Balaban J connectivity index is 2.35. The monoisotopic (exact) mass is 315 g/mol. The van der Waals surface area contributed by atoms with E-state index in [1.165, 1.54) is 4.90 Å². The molecule has 1 atom stereocenters. The van der Waals surface area contributed by atoms with Gasteiger partial charge in [-0.2, -0.15) is 5.10 Å². The molecule has 6 heteroatoms. The zero-order valence-corrected chi connectivity index (χ0v) is 14.0. The van der Waals surface area contributed by atoms with E-state index >= 15 is 0 Å². The number of carbonyl (C=O) groups excluding carboxylic acids is 2. The minimum Gasteiger partial charge on any atom is -0.444 e. The van der Waals surface area contributed by atoms with Gasteiger partial charge in [0.15, 0.2) is 0 Å². The van der Waals surface area contributed by atoms with Gasteiger partial charge in [0.2, 0.25) is 6.10 Å². The van der Waals surface area contributed by atoms with E-state index in [4.69, 9.17) is 4.74 Å². The molecule has 0 spiro atoms. The van der Waals surface area contributed by atoms with Crippen LogP contribution in [0.4, 0.5) is 0 Å². The Morgan fingerprint density at radius 3 is 2.26 bits per heavy atom. The van der Waals surface area contributed by atoms with Crippen molar-refractivity contribution >= 4 is 11.9 Å². The Morgan fingerprint density at radius 2 is 1.78 bits per heavy atom. The average molecular weight is 315 g/mol. The van der Waals surface area contributed by atoms with Gasteiger partial charge in [-0.05, 0) is 13.8 Å². The number of carbonyl (C=O) groups is 2. The fourth-order valence-electron chi connectivity index (χ4n) is 2.36. The normalized spacial score (nSPS) is 11.9. The van der Waals surface area contributed by atoms with E-state index in [0.717, 1.165) is 0 Å². The van der Waals surface area contributed by atoms with Crippen molar-refractivity contribution in [1.82, 2.24) is 14.7 Å². The number of benzene rings is 1. The van der Waals surface area contributed by atoms with Crippen molar-refractivity contribution < 1.29 is 14.3 Å². The maximum Gasteiger partial charge on any atom is 0.343 e. The van der Waals surface area contributed by atoms with Gasteiger partial charge in [0.25, 0.3) is 5.91 Å². The molecule has 0 aliphatic rings. The average Bonchev–Trinajstić information content (AvgIpc) is 2.77. The number of aromatic nitrogens is 2. The molecule has 0 aliphatic heterocycles. The maximum atomic E-state index is 12.6. The van der Waals surface area contributed by atoms with Crippen LogP contribution < -0.4 is 0 Å². The standard InChI is InChI=1S/C17H21N3O3/c1-11-14(12(2)20(5)18-11)17(22)23-15(16(21)19(3)4)13-9-7-6-8-10-13/h6-10,15H,1-5H3/t15-/m1/s1. The quantitative estimate of drug-likeness (QED) is 0.810. The molecule has 0 saturated heterocycles. The lowest BCUT2D eigenvalue weighted by Gasteiger charge is -2.21. The molecule has 1 aromatic heterocycles. The molecule has 0 N–H and O–H groups in total. The molecule has 0 aliphatic carbocycles. The molecule has 23 heavy (non-hydrogen) atoms. The SMILES string of the molecule is Cc1nn(C)c(C)c1C(=O)O[C@@H](C(=O)N(C)C)c1ccccc1. The molecule has 0 radical (unpaired) electrons. The van der Waals surface area contributed by atoms with Gasteiger partial charge in [0.1, 0.15) is 5.56 Å². The third-order valence-electron chi connectivity index (χ3n) is 3.71. The van der Waals surface area contributed by atoms with E-state index in [0.29, 0.717) is 22.5 Å². The number of aryl methyl sites for hydroxylation is 2. The fourth-order valence-corrected chi connectivity index (χ4v) is 2.36. The first-order valence-electron chi connectivity index (χ1n) is 7.30. The van der Waals surface area contributed by atoms with Crippen LogP contribution in [0.1, 0.15) is 33.4 Å². The molecule has 0 unspecified atom stereocenters. The summed E-state index contributed by atoms with van der Waals surface area (Å²) >= 11 is 0. The Bertz CT molecular complexity index is 720. The fraction of sp³-hybridized carbons (Fsp3) is 0.353. The number of likely N-dealkylation sites (N-methyl/N-ethyl adjacent to an activating group) is 1. The van der Waals surface area contributed by atoms with Gasteiger partial charge in [-0.1, -0.05) is 30.3 Å². The van der Waals surface area contributed by atoms with Gasteiger partial charge in [-0.15, -0.1) is 0 Å². The van der Waals surface area contributed by atoms with E-state index in [1.807, 2.05) is 6.07 Å². The van der Waals surface area contributed by atoms with E-state index in [9.17, 15) is 9.59 Å². The van der Waals surface area contributed by atoms with Crippen LogP contribution in [0.5, 0.6) is 0 Å².